The van der Waals surface area contributed by atoms with Crippen LogP contribution in [0.4, 0.5) is 10.6 Å². The van der Waals surface area contributed by atoms with Gasteiger partial charge >= 0.3 is 6.03 Å². The van der Waals surface area contributed by atoms with Gasteiger partial charge in [0.25, 0.3) is 0 Å². The van der Waals surface area contributed by atoms with E-state index in [1.165, 1.54) is 5.56 Å². The van der Waals surface area contributed by atoms with Gasteiger partial charge in [0.05, 0.1) is 32.5 Å². The number of urea groups is 1. The molecule has 0 saturated carbocycles. The number of amides is 2. The van der Waals surface area contributed by atoms with Crippen molar-refractivity contribution < 1.29 is 14.3 Å². The molecule has 2 amide bonds. The molecule has 1 atom stereocenters. The van der Waals surface area contributed by atoms with Crippen LogP contribution in [0.2, 0.25) is 0 Å². The van der Waals surface area contributed by atoms with Gasteiger partial charge in [-0.2, -0.15) is 0 Å². The lowest BCUT2D eigenvalue weighted by molar-refractivity contribution is 0.0167. The van der Waals surface area contributed by atoms with Gasteiger partial charge in [-0.15, -0.1) is 0 Å². The topological polar surface area (TPSA) is 79.0 Å². The van der Waals surface area contributed by atoms with Crippen molar-refractivity contribution in [3.05, 3.63) is 59.8 Å². The molecule has 1 aromatic carbocycles. The second-order valence-electron chi connectivity index (χ2n) is 7.76. The van der Waals surface area contributed by atoms with E-state index >= 15 is 0 Å². The van der Waals surface area contributed by atoms with Gasteiger partial charge in [0.2, 0.25) is 0 Å². The summed E-state index contributed by atoms with van der Waals surface area (Å²) >= 11 is 0. The zero-order chi connectivity index (χ0) is 21.3. The molecule has 0 aliphatic carbocycles. The summed E-state index contributed by atoms with van der Waals surface area (Å²) in [5.74, 6) is 0.930. The Balaban J connectivity index is 1.30. The molecule has 3 heterocycles. The van der Waals surface area contributed by atoms with Gasteiger partial charge in [-0.1, -0.05) is 30.3 Å². The minimum absolute atomic E-state index is 0.129. The molecule has 0 unspecified atom stereocenters. The molecular formula is C23H31N5O3. The third kappa shape index (κ3) is 6.16. The van der Waals surface area contributed by atoms with E-state index in [0.717, 1.165) is 64.0 Å². The van der Waals surface area contributed by atoms with Crippen LogP contribution in [0.25, 0.3) is 0 Å². The maximum Gasteiger partial charge on any atom is 0.315 e. The van der Waals surface area contributed by atoms with Gasteiger partial charge in [-0.25, -0.2) is 9.78 Å². The molecule has 0 radical (unpaired) electrons. The Bertz CT molecular complexity index is 823. The summed E-state index contributed by atoms with van der Waals surface area (Å²) < 4.78 is 10.9. The van der Waals surface area contributed by atoms with Crippen molar-refractivity contribution >= 4 is 11.8 Å². The van der Waals surface area contributed by atoms with E-state index in [1.54, 1.807) is 6.20 Å². The standard InChI is InChI=1S/C23H31N5O3/c29-23(25-17-19-6-7-24-22(16-19)28-10-14-31-15-11-28)26-18-21(20-4-2-1-3-5-20)27-8-12-30-13-9-27/h1-7,16,21H,8-15,17-18H2,(H2,25,26,29)/t21-/m0/s1. The Morgan fingerprint density at radius 1 is 0.968 bits per heavy atom. The zero-order valence-electron chi connectivity index (χ0n) is 17.8. The first-order chi connectivity index (χ1) is 15.3. The van der Waals surface area contributed by atoms with Crippen LogP contribution in [0.3, 0.4) is 0 Å². The van der Waals surface area contributed by atoms with Crippen molar-refractivity contribution in [1.29, 1.82) is 0 Å². The average Bonchev–Trinajstić information content (AvgIpc) is 2.85. The summed E-state index contributed by atoms with van der Waals surface area (Å²) in [4.78, 5) is 21.6. The highest BCUT2D eigenvalue weighted by molar-refractivity contribution is 5.73. The highest BCUT2D eigenvalue weighted by atomic mass is 16.5. The number of aromatic nitrogens is 1. The van der Waals surface area contributed by atoms with E-state index in [-0.39, 0.29) is 12.1 Å². The molecule has 2 N–H and O–H groups in total. The Kier molecular flexibility index (Phi) is 7.71. The highest BCUT2D eigenvalue weighted by Gasteiger charge is 2.23. The molecule has 2 saturated heterocycles. The number of carbonyl (C=O) groups excluding carboxylic acids is 1. The first-order valence-corrected chi connectivity index (χ1v) is 11.0. The number of anilines is 1. The zero-order valence-corrected chi connectivity index (χ0v) is 17.8. The van der Waals surface area contributed by atoms with Crippen molar-refractivity contribution in [2.45, 2.75) is 12.6 Å². The van der Waals surface area contributed by atoms with E-state index < -0.39 is 0 Å². The van der Waals surface area contributed by atoms with Crippen LogP contribution in [0, 0.1) is 0 Å². The first kappa shape index (κ1) is 21.5. The van der Waals surface area contributed by atoms with Crippen molar-refractivity contribution in [3.8, 4) is 0 Å². The normalized spacial score (nSPS) is 18.4. The summed E-state index contributed by atoms with van der Waals surface area (Å²) in [5.41, 5.74) is 2.23. The maximum atomic E-state index is 12.5. The van der Waals surface area contributed by atoms with Crippen molar-refractivity contribution in [3.63, 3.8) is 0 Å². The van der Waals surface area contributed by atoms with Crippen LogP contribution < -0.4 is 15.5 Å². The third-order valence-corrected chi connectivity index (χ3v) is 5.72. The molecule has 1 aromatic heterocycles. The van der Waals surface area contributed by atoms with E-state index in [9.17, 15) is 4.79 Å². The van der Waals surface area contributed by atoms with Crippen LogP contribution in [0.15, 0.2) is 48.7 Å². The Morgan fingerprint density at radius 3 is 2.42 bits per heavy atom. The quantitative estimate of drug-likeness (QED) is 0.704. The maximum absolute atomic E-state index is 12.5. The van der Waals surface area contributed by atoms with Crippen LogP contribution in [0.1, 0.15) is 17.2 Å². The SMILES string of the molecule is O=C(NCc1ccnc(N2CCOCC2)c1)NC[C@@H](c1ccccc1)N1CCOCC1. The van der Waals surface area contributed by atoms with Gasteiger partial charge in [0, 0.05) is 45.5 Å². The average molecular weight is 426 g/mol. The molecule has 4 rings (SSSR count). The first-order valence-electron chi connectivity index (χ1n) is 11.0. The monoisotopic (exact) mass is 425 g/mol. The molecule has 166 valence electrons. The van der Waals surface area contributed by atoms with Gasteiger partial charge in [0.15, 0.2) is 0 Å². The number of carbonyl (C=O) groups is 1. The lowest BCUT2D eigenvalue weighted by Crippen LogP contribution is -2.45. The minimum Gasteiger partial charge on any atom is -0.379 e. The molecule has 31 heavy (non-hydrogen) atoms. The van der Waals surface area contributed by atoms with Crippen LogP contribution in [-0.4, -0.2) is 75.1 Å². The number of benzene rings is 1. The second-order valence-corrected chi connectivity index (χ2v) is 7.76. The number of hydrogen-bond donors (Lipinski definition) is 2. The fraction of sp³-hybridized carbons (Fsp3) is 0.478. The minimum atomic E-state index is -0.168. The predicted molar refractivity (Wildman–Crippen MR) is 119 cm³/mol. The van der Waals surface area contributed by atoms with Gasteiger partial charge in [0.1, 0.15) is 5.82 Å². The van der Waals surface area contributed by atoms with Crippen molar-refractivity contribution in [2.24, 2.45) is 0 Å². The fourth-order valence-corrected chi connectivity index (χ4v) is 3.99. The fourth-order valence-electron chi connectivity index (χ4n) is 3.99. The van der Waals surface area contributed by atoms with Crippen LogP contribution in [-0.2, 0) is 16.0 Å². The number of rotatable bonds is 7. The molecule has 0 bridgehead atoms. The molecule has 2 aliphatic heterocycles. The summed E-state index contributed by atoms with van der Waals surface area (Å²) in [6, 6.07) is 14.3. The van der Waals surface area contributed by atoms with Gasteiger partial charge in [-0.3, -0.25) is 4.90 Å². The smallest absolute Gasteiger partial charge is 0.315 e. The Morgan fingerprint density at radius 2 is 1.68 bits per heavy atom. The molecule has 2 aliphatic rings. The summed E-state index contributed by atoms with van der Waals surface area (Å²) in [7, 11) is 0. The highest BCUT2D eigenvalue weighted by Crippen LogP contribution is 2.21. The summed E-state index contributed by atoms with van der Waals surface area (Å²) in [6.45, 7) is 7.31. The van der Waals surface area contributed by atoms with E-state index in [0.29, 0.717) is 13.1 Å². The van der Waals surface area contributed by atoms with Crippen LogP contribution in [0.5, 0.6) is 0 Å². The largest absolute Gasteiger partial charge is 0.379 e. The van der Waals surface area contributed by atoms with Crippen molar-refractivity contribution in [1.82, 2.24) is 20.5 Å². The summed E-state index contributed by atoms with van der Waals surface area (Å²) in [5, 5.41) is 6.03. The molecule has 0 spiro atoms. The number of ether oxygens (including phenoxy) is 2. The number of nitrogens with one attached hydrogen (secondary N) is 2. The lowest BCUT2D eigenvalue weighted by atomic mass is 10.0. The number of hydrogen-bond acceptors (Lipinski definition) is 6. The number of nitrogens with zero attached hydrogens (tertiary/aromatic N) is 3. The van der Waals surface area contributed by atoms with Crippen molar-refractivity contribution in [2.75, 3.05) is 64.1 Å². The molecular weight excluding hydrogens is 394 g/mol. The Labute approximate surface area is 183 Å². The van der Waals surface area contributed by atoms with Crippen LogP contribution >= 0.6 is 0 Å². The second kappa shape index (κ2) is 11.1. The van der Waals surface area contributed by atoms with Gasteiger partial charge < -0.3 is 25.0 Å². The molecule has 8 nitrogen and oxygen atoms in total. The van der Waals surface area contributed by atoms with E-state index in [4.69, 9.17) is 9.47 Å². The van der Waals surface area contributed by atoms with E-state index in [2.05, 4.69) is 37.6 Å². The number of pyridine rings is 1. The Hall–Kier alpha value is -2.68. The summed E-state index contributed by atoms with van der Waals surface area (Å²) in [6.07, 6.45) is 1.80. The predicted octanol–water partition coefficient (Wildman–Crippen LogP) is 1.79. The van der Waals surface area contributed by atoms with Gasteiger partial charge in [-0.05, 0) is 23.3 Å². The van der Waals surface area contributed by atoms with E-state index in [1.807, 2.05) is 30.3 Å². The molecule has 8 heteroatoms. The third-order valence-electron chi connectivity index (χ3n) is 5.72. The molecule has 2 aromatic rings. The lowest BCUT2D eigenvalue weighted by Gasteiger charge is -2.34. The number of morpholine rings is 2. The molecule has 2 fully saturated rings.